The molecular formula is C10H13N3S. The van der Waals surface area contributed by atoms with Gasteiger partial charge in [-0.25, -0.2) is 0 Å². The van der Waals surface area contributed by atoms with E-state index in [9.17, 15) is 0 Å². The highest BCUT2D eigenvalue weighted by atomic mass is 32.1. The Balaban J connectivity index is 2.52. The maximum Gasteiger partial charge on any atom is 0.186 e. The Morgan fingerprint density at radius 3 is 2.57 bits per heavy atom. The van der Waals surface area contributed by atoms with E-state index in [1.807, 2.05) is 24.3 Å². The number of hydrogen-bond acceptors (Lipinski definition) is 2. The highest BCUT2D eigenvalue weighted by Crippen LogP contribution is 1.99. The second kappa shape index (κ2) is 5.34. The van der Waals surface area contributed by atoms with Crippen molar-refractivity contribution in [3.05, 3.63) is 35.4 Å². The number of nitrogens with zero attached hydrogens (tertiary/aromatic N) is 1. The van der Waals surface area contributed by atoms with Gasteiger partial charge in [0.2, 0.25) is 0 Å². The molecule has 0 spiro atoms. The van der Waals surface area contributed by atoms with Gasteiger partial charge < -0.3 is 5.32 Å². The van der Waals surface area contributed by atoms with E-state index in [2.05, 4.69) is 22.8 Å². The zero-order valence-electron chi connectivity index (χ0n) is 8.24. The van der Waals surface area contributed by atoms with E-state index in [1.54, 1.807) is 13.3 Å². The fraction of sp³-hybridized carbons (Fsp3) is 0.200. The number of benzene rings is 1. The second-order valence-electron chi connectivity index (χ2n) is 2.86. The Bertz CT molecular complexity index is 330. The third-order valence-corrected chi connectivity index (χ3v) is 1.98. The van der Waals surface area contributed by atoms with Crippen molar-refractivity contribution in [2.75, 3.05) is 7.05 Å². The van der Waals surface area contributed by atoms with Crippen LogP contribution in [0.1, 0.15) is 11.1 Å². The molecule has 74 valence electrons. The van der Waals surface area contributed by atoms with Crippen LogP contribution in [0.5, 0.6) is 0 Å². The fourth-order valence-corrected chi connectivity index (χ4v) is 0.927. The molecule has 14 heavy (non-hydrogen) atoms. The SMILES string of the molecule is CNC(=S)N/N=C/c1ccc(C)cc1. The highest BCUT2D eigenvalue weighted by molar-refractivity contribution is 7.80. The lowest BCUT2D eigenvalue weighted by molar-refractivity contribution is 0.982. The van der Waals surface area contributed by atoms with Crippen LogP contribution in [0, 0.1) is 6.92 Å². The second-order valence-corrected chi connectivity index (χ2v) is 3.27. The Labute approximate surface area is 89.2 Å². The van der Waals surface area contributed by atoms with E-state index in [0.29, 0.717) is 5.11 Å². The zero-order chi connectivity index (χ0) is 10.4. The molecule has 2 N–H and O–H groups in total. The van der Waals surface area contributed by atoms with Crippen molar-refractivity contribution in [3.63, 3.8) is 0 Å². The predicted molar refractivity (Wildman–Crippen MR) is 63.6 cm³/mol. The van der Waals surface area contributed by atoms with Gasteiger partial charge in [0, 0.05) is 7.05 Å². The van der Waals surface area contributed by atoms with E-state index in [0.717, 1.165) is 5.56 Å². The first-order valence-corrected chi connectivity index (χ1v) is 4.70. The Hall–Kier alpha value is -1.42. The molecule has 0 radical (unpaired) electrons. The predicted octanol–water partition coefficient (Wildman–Crippen LogP) is 1.42. The number of nitrogens with one attached hydrogen (secondary N) is 2. The van der Waals surface area contributed by atoms with Crippen LogP contribution in [0.25, 0.3) is 0 Å². The topological polar surface area (TPSA) is 36.4 Å². The van der Waals surface area contributed by atoms with E-state index < -0.39 is 0 Å². The van der Waals surface area contributed by atoms with Gasteiger partial charge in [0.15, 0.2) is 5.11 Å². The molecule has 0 aliphatic rings. The summed E-state index contributed by atoms with van der Waals surface area (Å²) in [6.07, 6.45) is 1.73. The van der Waals surface area contributed by atoms with Crippen LogP contribution in [0.4, 0.5) is 0 Å². The molecule has 0 unspecified atom stereocenters. The summed E-state index contributed by atoms with van der Waals surface area (Å²) in [4.78, 5) is 0. The summed E-state index contributed by atoms with van der Waals surface area (Å²) >= 11 is 4.86. The lowest BCUT2D eigenvalue weighted by atomic mass is 10.2. The summed E-state index contributed by atoms with van der Waals surface area (Å²) in [6, 6.07) is 8.08. The van der Waals surface area contributed by atoms with Crippen molar-refractivity contribution >= 4 is 23.5 Å². The van der Waals surface area contributed by atoms with Gasteiger partial charge in [-0.1, -0.05) is 29.8 Å². The molecular weight excluding hydrogens is 194 g/mol. The van der Waals surface area contributed by atoms with Crippen LogP contribution < -0.4 is 10.7 Å². The number of aryl methyl sites for hydroxylation is 1. The fourth-order valence-electron chi connectivity index (χ4n) is 0.874. The van der Waals surface area contributed by atoms with Crippen LogP contribution in [0.2, 0.25) is 0 Å². The van der Waals surface area contributed by atoms with Gasteiger partial charge in [0.1, 0.15) is 0 Å². The van der Waals surface area contributed by atoms with E-state index in [1.165, 1.54) is 5.56 Å². The number of rotatable bonds is 2. The molecule has 0 aromatic heterocycles. The summed E-state index contributed by atoms with van der Waals surface area (Å²) in [5.41, 5.74) is 4.97. The molecule has 0 atom stereocenters. The maximum atomic E-state index is 4.86. The number of thiocarbonyl (C=S) groups is 1. The molecule has 0 amide bonds. The van der Waals surface area contributed by atoms with Gasteiger partial charge in [-0.2, -0.15) is 5.10 Å². The molecule has 0 aliphatic heterocycles. The largest absolute Gasteiger partial charge is 0.364 e. The van der Waals surface area contributed by atoms with Gasteiger partial charge in [0.05, 0.1) is 6.21 Å². The lowest BCUT2D eigenvalue weighted by Gasteiger charge is -1.99. The third-order valence-electron chi connectivity index (χ3n) is 1.68. The lowest BCUT2D eigenvalue weighted by Crippen LogP contribution is -2.28. The van der Waals surface area contributed by atoms with Crippen molar-refractivity contribution in [1.82, 2.24) is 10.7 Å². The standard InChI is InChI=1S/C10H13N3S/c1-8-3-5-9(6-4-8)7-12-13-10(14)11-2/h3-7H,1-2H3,(H2,11,13,14)/b12-7+. The zero-order valence-corrected chi connectivity index (χ0v) is 9.06. The van der Waals surface area contributed by atoms with Crippen molar-refractivity contribution in [2.45, 2.75) is 6.92 Å². The number of hydrogen-bond donors (Lipinski definition) is 2. The number of hydrazone groups is 1. The first kappa shape index (κ1) is 10.7. The molecule has 0 bridgehead atoms. The van der Waals surface area contributed by atoms with Crippen LogP contribution in [0.3, 0.4) is 0 Å². The molecule has 0 saturated heterocycles. The summed E-state index contributed by atoms with van der Waals surface area (Å²) in [6.45, 7) is 2.05. The quantitative estimate of drug-likeness (QED) is 0.437. The average molecular weight is 207 g/mol. The molecule has 3 nitrogen and oxygen atoms in total. The molecule has 1 rings (SSSR count). The monoisotopic (exact) mass is 207 g/mol. The molecule has 1 aromatic carbocycles. The van der Waals surface area contributed by atoms with Gasteiger partial charge in [0.25, 0.3) is 0 Å². The summed E-state index contributed by atoms with van der Waals surface area (Å²) in [7, 11) is 1.75. The van der Waals surface area contributed by atoms with Crippen molar-refractivity contribution in [3.8, 4) is 0 Å². The minimum Gasteiger partial charge on any atom is -0.364 e. The van der Waals surface area contributed by atoms with Crippen LogP contribution >= 0.6 is 12.2 Å². The Morgan fingerprint density at radius 2 is 2.00 bits per heavy atom. The van der Waals surface area contributed by atoms with Gasteiger partial charge in [-0.15, -0.1) is 0 Å². The van der Waals surface area contributed by atoms with Crippen molar-refractivity contribution in [2.24, 2.45) is 5.10 Å². The van der Waals surface area contributed by atoms with Crippen LogP contribution in [-0.4, -0.2) is 18.4 Å². The van der Waals surface area contributed by atoms with Crippen molar-refractivity contribution in [1.29, 1.82) is 0 Å². The normalized spacial score (nSPS) is 10.1. The minimum absolute atomic E-state index is 0.508. The molecule has 0 saturated carbocycles. The van der Waals surface area contributed by atoms with Crippen molar-refractivity contribution < 1.29 is 0 Å². The van der Waals surface area contributed by atoms with Gasteiger partial charge >= 0.3 is 0 Å². The first-order valence-electron chi connectivity index (χ1n) is 4.30. The highest BCUT2D eigenvalue weighted by Gasteiger charge is 1.87. The Kier molecular flexibility index (Phi) is 4.07. The van der Waals surface area contributed by atoms with E-state index in [-0.39, 0.29) is 0 Å². The molecule has 0 aliphatic carbocycles. The molecule has 1 aromatic rings. The molecule has 0 fully saturated rings. The van der Waals surface area contributed by atoms with Crippen LogP contribution in [0.15, 0.2) is 29.4 Å². The van der Waals surface area contributed by atoms with E-state index >= 15 is 0 Å². The third kappa shape index (κ3) is 3.53. The first-order chi connectivity index (χ1) is 6.72. The molecule has 0 heterocycles. The summed E-state index contributed by atoms with van der Waals surface area (Å²) in [5, 5.41) is 7.24. The Morgan fingerprint density at radius 1 is 1.36 bits per heavy atom. The summed E-state index contributed by atoms with van der Waals surface area (Å²) < 4.78 is 0. The van der Waals surface area contributed by atoms with Gasteiger partial charge in [-0.3, -0.25) is 5.43 Å². The van der Waals surface area contributed by atoms with Crippen LogP contribution in [-0.2, 0) is 0 Å². The maximum absolute atomic E-state index is 4.86. The van der Waals surface area contributed by atoms with E-state index in [4.69, 9.17) is 12.2 Å². The average Bonchev–Trinajstić information content (AvgIpc) is 2.21. The molecule has 4 heteroatoms. The summed E-state index contributed by atoms with van der Waals surface area (Å²) in [5.74, 6) is 0. The van der Waals surface area contributed by atoms with Gasteiger partial charge in [-0.05, 0) is 24.7 Å². The minimum atomic E-state index is 0.508. The smallest absolute Gasteiger partial charge is 0.186 e.